The van der Waals surface area contributed by atoms with E-state index in [-0.39, 0.29) is 11.8 Å². The number of hydrogen-bond donors (Lipinski definition) is 2. The van der Waals surface area contributed by atoms with Crippen molar-refractivity contribution in [3.63, 3.8) is 0 Å². The molecule has 0 fully saturated rings. The lowest BCUT2D eigenvalue weighted by atomic mass is 9.96. The quantitative estimate of drug-likeness (QED) is 0.696. The molecule has 3 aromatic rings. The number of halogens is 1. The van der Waals surface area contributed by atoms with Crippen LogP contribution >= 0.6 is 11.6 Å². The number of rotatable bonds is 4. The molecule has 5 nitrogen and oxygen atoms in total. The smallest absolute Gasteiger partial charge is 0.252 e. The molecule has 3 aromatic carbocycles. The van der Waals surface area contributed by atoms with E-state index in [0.717, 1.165) is 11.1 Å². The highest BCUT2D eigenvalue weighted by molar-refractivity contribution is 6.30. The fraction of sp³-hybridized carbons (Fsp3) is 0.0870. The van der Waals surface area contributed by atoms with E-state index in [4.69, 9.17) is 16.6 Å². The molecule has 0 aliphatic carbocycles. The highest BCUT2D eigenvalue weighted by atomic mass is 35.5. The van der Waals surface area contributed by atoms with Gasteiger partial charge in [0.2, 0.25) is 0 Å². The molecule has 1 aliphatic heterocycles. The first-order valence-corrected chi connectivity index (χ1v) is 9.55. The second-order valence-corrected chi connectivity index (χ2v) is 7.08. The van der Waals surface area contributed by atoms with Gasteiger partial charge in [-0.3, -0.25) is 14.6 Å². The number of carbonyl (C=O) groups excluding carboxylic acids is 2. The van der Waals surface area contributed by atoms with Crippen molar-refractivity contribution in [2.45, 2.75) is 12.1 Å². The number of aliphatic imine (C=N–C) groups is 1. The Morgan fingerprint density at radius 2 is 1.52 bits per heavy atom. The molecular formula is C23H18ClN3O2. The minimum atomic E-state index is -0.832. The molecule has 6 heteroatoms. The van der Waals surface area contributed by atoms with Crippen molar-refractivity contribution in [1.82, 2.24) is 10.6 Å². The van der Waals surface area contributed by atoms with Crippen LogP contribution in [-0.4, -0.2) is 23.7 Å². The minimum Gasteiger partial charge on any atom is -0.338 e. The van der Waals surface area contributed by atoms with Gasteiger partial charge in [0.1, 0.15) is 17.9 Å². The maximum absolute atomic E-state index is 13.0. The van der Waals surface area contributed by atoms with Crippen LogP contribution in [0.2, 0.25) is 5.02 Å². The van der Waals surface area contributed by atoms with Crippen molar-refractivity contribution in [1.29, 1.82) is 0 Å². The summed E-state index contributed by atoms with van der Waals surface area (Å²) in [5.74, 6) is -0.189. The van der Waals surface area contributed by atoms with Gasteiger partial charge >= 0.3 is 0 Å². The van der Waals surface area contributed by atoms with E-state index < -0.39 is 12.1 Å². The van der Waals surface area contributed by atoms with Crippen molar-refractivity contribution < 1.29 is 9.59 Å². The molecule has 2 amide bonds. The number of carbonyl (C=O) groups is 2. The van der Waals surface area contributed by atoms with Crippen molar-refractivity contribution in [3.8, 4) is 0 Å². The molecule has 1 aliphatic rings. The van der Waals surface area contributed by atoms with E-state index in [2.05, 4.69) is 10.6 Å². The molecule has 29 heavy (non-hydrogen) atoms. The molecule has 2 N–H and O–H groups in total. The van der Waals surface area contributed by atoms with Gasteiger partial charge in [0.25, 0.3) is 11.8 Å². The number of nitrogens with one attached hydrogen (secondary N) is 2. The van der Waals surface area contributed by atoms with Gasteiger partial charge in [-0.2, -0.15) is 0 Å². The lowest BCUT2D eigenvalue weighted by Gasteiger charge is -2.30. The van der Waals surface area contributed by atoms with Gasteiger partial charge < -0.3 is 10.6 Å². The first kappa shape index (κ1) is 18.9. The second kappa shape index (κ2) is 8.29. The number of nitrogens with zero attached hydrogens (tertiary/aromatic N) is 1. The van der Waals surface area contributed by atoms with Crippen LogP contribution in [0.5, 0.6) is 0 Å². The summed E-state index contributed by atoms with van der Waals surface area (Å²) < 4.78 is 0. The summed E-state index contributed by atoms with van der Waals surface area (Å²) in [5.41, 5.74) is 2.07. The van der Waals surface area contributed by atoms with Crippen LogP contribution in [0, 0.1) is 0 Å². The highest BCUT2D eigenvalue weighted by Crippen LogP contribution is 2.26. The first-order chi connectivity index (χ1) is 14.1. The molecule has 0 radical (unpaired) electrons. The zero-order chi connectivity index (χ0) is 20.2. The van der Waals surface area contributed by atoms with E-state index in [1.165, 1.54) is 0 Å². The van der Waals surface area contributed by atoms with Crippen molar-refractivity contribution >= 4 is 29.3 Å². The third-order valence-corrected chi connectivity index (χ3v) is 4.94. The lowest BCUT2D eigenvalue weighted by Crippen LogP contribution is -2.54. The second-order valence-electron chi connectivity index (χ2n) is 6.65. The average molecular weight is 404 g/mol. The van der Waals surface area contributed by atoms with Gasteiger partial charge in [-0.05, 0) is 42.0 Å². The Labute approximate surface area is 173 Å². The molecule has 0 saturated carbocycles. The Morgan fingerprint density at radius 3 is 2.17 bits per heavy atom. The monoisotopic (exact) mass is 403 g/mol. The van der Waals surface area contributed by atoms with Crippen LogP contribution in [-0.2, 0) is 4.79 Å². The van der Waals surface area contributed by atoms with Crippen LogP contribution in [0.25, 0.3) is 0 Å². The van der Waals surface area contributed by atoms with E-state index in [0.29, 0.717) is 16.4 Å². The Bertz CT molecular complexity index is 1050. The fourth-order valence-corrected chi connectivity index (χ4v) is 3.34. The molecule has 4 rings (SSSR count). The first-order valence-electron chi connectivity index (χ1n) is 9.17. The molecule has 0 saturated heterocycles. The molecule has 0 spiro atoms. The molecular weight excluding hydrogens is 386 g/mol. The summed E-state index contributed by atoms with van der Waals surface area (Å²) in [6.07, 6.45) is 0. The topological polar surface area (TPSA) is 70.6 Å². The van der Waals surface area contributed by atoms with E-state index in [9.17, 15) is 9.59 Å². The lowest BCUT2D eigenvalue weighted by molar-refractivity contribution is -0.122. The number of benzene rings is 3. The van der Waals surface area contributed by atoms with E-state index in [1.807, 2.05) is 36.4 Å². The van der Waals surface area contributed by atoms with Crippen LogP contribution in [0.15, 0.2) is 89.9 Å². The van der Waals surface area contributed by atoms with Gasteiger partial charge in [0.05, 0.1) is 0 Å². The van der Waals surface area contributed by atoms with Gasteiger partial charge in [-0.1, -0.05) is 60.1 Å². The number of hydrogen-bond acceptors (Lipinski definition) is 3. The Morgan fingerprint density at radius 1 is 0.897 bits per heavy atom. The van der Waals surface area contributed by atoms with Crippen LogP contribution in [0.3, 0.4) is 0 Å². The Hall–Kier alpha value is -3.44. The Balaban J connectivity index is 1.69. The zero-order valence-corrected chi connectivity index (χ0v) is 16.1. The maximum atomic E-state index is 13.0. The predicted octanol–water partition coefficient (Wildman–Crippen LogP) is 3.76. The summed E-state index contributed by atoms with van der Waals surface area (Å²) in [5, 5.41) is 6.25. The summed E-state index contributed by atoms with van der Waals surface area (Å²) in [6.45, 7) is 0. The molecule has 144 valence electrons. The molecule has 0 unspecified atom stereocenters. The van der Waals surface area contributed by atoms with Crippen molar-refractivity contribution in [3.05, 3.63) is 107 Å². The molecule has 1 heterocycles. The standard InChI is InChI=1S/C23H18ClN3O2/c24-18-13-11-16(12-14-18)21-25-19(15-7-3-1-4-8-15)20(23(29)27-21)26-22(28)17-9-5-2-6-10-17/h1-14,19-20H,(H,26,28)(H,25,27,29)/t19-,20-/m0/s1. The third-order valence-electron chi connectivity index (χ3n) is 4.69. The van der Waals surface area contributed by atoms with Crippen molar-refractivity contribution in [2.24, 2.45) is 4.99 Å². The summed E-state index contributed by atoms with van der Waals surface area (Å²) in [7, 11) is 0. The van der Waals surface area contributed by atoms with Gasteiger partial charge in [-0.25, -0.2) is 0 Å². The largest absolute Gasteiger partial charge is 0.338 e. The predicted molar refractivity (Wildman–Crippen MR) is 113 cm³/mol. The number of amides is 2. The van der Waals surface area contributed by atoms with E-state index in [1.54, 1.807) is 48.5 Å². The molecule has 0 bridgehead atoms. The highest BCUT2D eigenvalue weighted by Gasteiger charge is 2.36. The van der Waals surface area contributed by atoms with Crippen LogP contribution in [0.4, 0.5) is 0 Å². The maximum Gasteiger partial charge on any atom is 0.252 e. The van der Waals surface area contributed by atoms with Crippen molar-refractivity contribution in [2.75, 3.05) is 0 Å². The zero-order valence-electron chi connectivity index (χ0n) is 15.4. The average Bonchev–Trinajstić information content (AvgIpc) is 2.76. The summed E-state index contributed by atoms with van der Waals surface area (Å²) >= 11 is 5.97. The van der Waals surface area contributed by atoms with Crippen LogP contribution in [0.1, 0.15) is 27.5 Å². The third kappa shape index (κ3) is 4.20. The normalized spacial score (nSPS) is 18.5. The molecule has 0 aromatic heterocycles. The summed E-state index contributed by atoms with van der Waals surface area (Å²) in [6, 6.07) is 24.0. The SMILES string of the molecule is O=C(N[C@@H]1C(=O)NC(c2ccc(Cl)cc2)=N[C@H]1c1ccccc1)c1ccccc1. The minimum absolute atomic E-state index is 0.317. The Kier molecular flexibility index (Phi) is 5.40. The van der Waals surface area contributed by atoms with Gasteiger partial charge in [-0.15, -0.1) is 0 Å². The van der Waals surface area contributed by atoms with Gasteiger partial charge in [0, 0.05) is 16.1 Å². The van der Waals surface area contributed by atoms with Gasteiger partial charge in [0.15, 0.2) is 0 Å². The van der Waals surface area contributed by atoms with Crippen LogP contribution < -0.4 is 10.6 Å². The number of amidine groups is 1. The summed E-state index contributed by atoms with van der Waals surface area (Å²) in [4.78, 5) is 30.4. The molecule has 2 atom stereocenters. The van der Waals surface area contributed by atoms with E-state index >= 15 is 0 Å². The fourth-order valence-electron chi connectivity index (χ4n) is 3.21.